The quantitative estimate of drug-likeness (QED) is 0.627. The highest BCUT2D eigenvalue weighted by Gasteiger charge is 2.11. The second-order valence-corrected chi connectivity index (χ2v) is 5.19. The number of guanidine groups is 1. The van der Waals surface area contributed by atoms with E-state index in [2.05, 4.69) is 20.6 Å². The minimum Gasteiger partial charge on any atom is -0.356 e. The van der Waals surface area contributed by atoms with Crippen LogP contribution in [0.15, 0.2) is 41.7 Å². The second kappa shape index (κ2) is 8.47. The smallest absolute Gasteiger partial charge is 0.319 e. The molecule has 8 heteroatoms. The molecule has 0 amide bonds. The van der Waals surface area contributed by atoms with Gasteiger partial charge in [0.2, 0.25) is 0 Å². The van der Waals surface area contributed by atoms with Gasteiger partial charge in [0.1, 0.15) is 5.82 Å². The largest absolute Gasteiger partial charge is 0.356 e. The maximum absolute atomic E-state index is 12.7. The number of hydrogen-bond donors (Lipinski definition) is 2. The zero-order valence-corrected chi connectivity index (χ0v) is 13.4. The summed E-state index contributed by atoms with van der Waals surface area (Å²) in [5.41, 5.74) is 1.14. The molecule has 1 aromatic carbocycles. The normalized spacial score (nSPS) is 11.8. The number of halogens is 3. The van der Waals surface area contributed by atoms with E-state index in [9.17, 15) is 8.78 Å². The zero-order chi connectivity index (χ0) is 16.7. The maximum Gasteiger partial charge on any atom is 0.319 e. The molecule has 1 heterocycles. The van der Waals surface area contributed by atoms with Gasteiger partial charge in [0.25, 0.3) is 0 Å². The van der Waals surface area contributed by atoms with Gasteiger partial charge in [-0.15, -0.1) is 0 Å². The van der Waals surface area contributed by atoms with Gasteiger partial charge in [-0.1, -0.05) is 23.7 Å². The van der Waals surface area contributed by atoms with Gasteiger partial charge in [0.15, 0.2) is 5.96 Å². The van der Waals surface area contributed by atoms with Crippen molar-refractivity contribution in [3.8, 4) is 0 Å². The van der Waals surface area contributed by atoms with Crippen LogP contribution in [0.1, 0.15) is 17.9 Å². The van der Waals surface area contributed by atoms with Crippen LogP contribution in [0.3, 0.4) is 0 Å². The summed E-state index contributed by atoms with van der Waals surface area (Å²) < 4.78 is 26.3. The molecule has 5 nitrogen and oxygen atoms in total. The topological polar surface area (TPSA) is 54.2 Å². The number of nitrogens with zero attached hydrogens (tertiary/aromatic N) is 3. The number of benzene rings is 1. The molecule has 23 heavy (non-hydrogen) atoms. The van der Waals surface area contributed by atoms with E-state index in [4.69, 9.17) is 11.6 Å². The lowest BCUT2D eigenvalue weighted by Gasteiger charge is -2.12. The number of aliphatic imine (C=N–C) groups is 1. The van der Waals surface area contributed by atoms with Crippen molar-refractivity contribution in [2.75, 3.05) is 13.6 Å². The van der Waals surface area contributed by atoms with Crippen LogP contribution in [0.25, 0.3) is 0 Å². The van der Waals surface area contributed by atoms with E-state index < -0.39 is 6.55 Å². The Balaban J connectivity index is 1.79. The van der Waals surface area contributed by atoms with Gasteiger partial charge in [-0.25, -0.2) is 4.98 Å². The van der Waals surface area contributed by atoms with Crippen LogP contribution in [0, 0.1) is 0 Å². The van der Waals surface area contributed by atoms with Gasteiger partial charge in [-0.3, -0.25) is 9.56 Å². The molecule has 0 unspecified atom stereocenters. The van der Waals surface area contributed by atoms with Gasteiger partial charge < -0.3 is 10.6 Å². The van der Waals surface area contributed by atoms with Crippen LogP contribution in [-0.4, -0.2) is 29.1 Å². The molecular weight excluding hydrogens is 324 g/mol. The lowest BCUT2D eigenvalue weighted by Crippen LogP contribution is -2.38. The highest BCUT2D eigenvalue weighted by molar-refractivity contribution is 6.30. The third-order valence-electron chi connectivity index (χ3n) is 3.22. The fourth-order valence-electron chi connectivity index (χ4n) is 2.02. The first-order chi connectivity index (χ1) is 11.1. The summed E-state index contributed by atoms with van der Waals surface area (Å²) in [5.74, 6) is 0.781. The summed E-state index contributed by atoms with van der Waals surface area (Å²) in [6.45, 7) is -1.78. The molecule has 124 valence electrons. The number of rotatable bonds is 6. The third kappa shape index (κ3) is 5.21. The molecule has 0 aliphatic heterocycles. The fourth-order valence-corrected chi connectivity index (χ4v) is 2.14. The summed E-state index contributed by atoms with van der Waals surface area (Å²) >= 11 is 5.84. The molecule has 0 atom stereocenters. The average molecular weight is 342 g/mol. The molecule has 0 aliphatic carbocycles. The molecule has 0 spiro atoms. The first-order valence-electron chi connectivity index (χ1n) is 7.09. The minimum absolute atomic E-state index is 0.165. The summed E-state index contributed by atoms with van der Waals surface area (Å²) in [6, 6.07) is 7.60. The van der Waals surface area contributed by atoms with Crippen LogP contribution in [0.4, 0.5) is 8.78 Å². The van der Waals surface area contributed by atoms with E-state index in [-0.39, 0.29) is 12.4 Å². The Labute approximate surface area is 138 Å². The van der Waals surface area contributed by atoms with E-state index >= 15 is 0 Å². The van der Waals surface area contributed by atoms with Crippen LogP contribution in [0.2, 0.25) is 5.02 Å². The van der Waals surface area contributed by atoms with Crippen molar-refractivity contribution in [2.24, 2.45) is 4.99 Å². The molecule has 2 aromatic rings. The number of hydrogen-bond acceptors (Lipinski definition) is 2. The van der Waals surface area contributed by atoms with Gasteiger partial charge >= 0.3 is 6.55 Å². The van der Waals surface area contributed by atoms with E-state index in [1.807, 2.05) is 24.3 Å². The molecule has 0 saturated carbocycles. The summed E-state index contributed by atoms with van der Waals surface area (Å²) in [6.07, 6.45) is 3.39. The molecule has 0 aliphatic rings. The first-order valence-corrected chi connectivity index (χ1v) is 7.46. The Hall–Kier alpha value is -2.15. The number of aromatic nitrogens is 2. The maximum atomic E-state index is 12.7. The Morgan fingerprint density at radius 1 is 1.30 bits per heavy atom. The van der Waals surface area contributed by atoms with Crippen molar-refractivity contribution in [2.45, 2.75) is 19.5 Å². The van der Waals surface area contributed by atoms with Gasteiger partial charge in [0.05, 0.1) is 6.54 Å². The van der Waals surface area contributed by atoms with Gasteiger partial charge in [-0.05, 0) is 24.1 Å². The minimum atomic E-state index is -2.60. The van der Waals surface area contributed by atoms with Crippen molar-refractivity contribution in [1.29, 1.82) is 0 Å². The number of nitrogens with one attached hydrogen (secondary N) is 2. The molecule has 2 rings (SSSR count). The Morgan fingerprint density at radius 2 is 2.04 bits per heavy atom. The molecular formula is C15H18ClF2N5. The van der Waals surface area contributed by atoms with Crippen molar-refractivity contribution >= 4 is 17.6 Å². The Bertz CT molecular complexity index is 640. The predicted molar refractivity (Wildman–Crippen MR) is 86.8 cm³/mol. The predicted octanol–water partition coefficient (Wildman–Crippen LogP) is 2.84. The standard InChI is InChI=1S/C15H18ClF2N5/c1-19-15(21-7-6-11-2-4-12(16)5-3-11)22-10-13-20-8-9-23(13)14(17)18/h2-5,8-9,14H,6-7,10H2,1H3,(H2,19,21,22). The van der Waals surface area contributed by atoms with Gasteiger partial charge in [-0.2, -0.15) is 8.78 Å². The summed E-state index contributed by atoms with van der Waals surface area (Å²) in [4.78, 5) is 7.96. The van der Waals surface area contributed by atoms with E-state index in [1.165, 1.54) is 12.4 Å². The highest BCUT2D eigenvalue weighted by atomic mass is 35.5. The molecule has 0 fully saturated rings. The lowest BCUT2D eigenvalue weighted by molar-refractivity contribution is 0.0668. The van der Waals surface area contributed by atoms with Crippen molar-refractivity contribution in [1.82, 2.24) is 20.2 Å². The van der Waals surface area contributed by atoms with Crippen LogP contribution >= 0.6 is 11.6 Å². The molecule has 0 radical (unpaired) electrons. The van der Waals surface area contributed by atoms with Crippen molar-refractivity contribution in [3.63, 3.8) is 0 Å². The van der Waals surface area contributed by atoms with Crippen LogP contribution in [0.5, 0.6) is 0 Å². The van der Waals surface area contributed by atoms with E-state index in [0.29, 0.717) is 17.5 Å². The highest BCUT2D eigenvalue weighted by Crippen LogP contribution is 2.12. The first kappa shape index (κ1) is 17.2. The average Bonchev–Trinajstić information content (AvgIpc) is 3.01. The molecule has 2 N–H and O–H groups in total. The van der Waals surface area contributed by atoms with Crippen molar-refractivity contribution in [3.05, 3.63) is 53.1 Å². The third-order valence-corrected chi connectivity index (χ3v) is 3.47. The van der Waals surface area contributed by atoms with Crippen LogP contribution in [-0.2, 0) is 13.0 Å². The zero-order valence-electron chi connectivity index (χ0n) is 12.6. The lowest BCUT2D eigenvalue weighted by atomic mass is 10.1. The van der Waals surface area contributed by atoms with Crippen LogP contribution < -0.4 is 10.6 Å². The Morgan fingerprint density at radius 3 is 2.70 bits per heavy atom. The molecule has 0 bridgehead atoms. The fraction of sp³-hybridized carbons (Fsp3) is 0.333. The van der Waals surface area contributed by atoms with E-state index in [1.54, 1.807) is 7.05 Å². The monoisotopic (exact) mass is 341 g/mol. The number of alkyl halides is 2. The second-order valence-electron chi connectivity index (χ2n) is 4.76. The summed E-state index contributed by atoms with van der Waals surface area (Å²) in [7, 11) is 1.62. The van der Waals surface area contributed by atoms with Crippen molar-refractivity contribution < 1.29 is 8.78 Å². The molecule has 1 aromatic heterocycles. The Kier molecular flexibility index (Phi) is 6.34. The SMILES string of the molecule is CN=C(NCCc1ccc(Cl)cc1)NCc1nccn1C(F)F. The van der Waals surface area contributed by atoms with E-state index in [0.717, 1.165) is 16.6 Å². The molecule has 0 saturated heterocycles. The summed E-state index contributed by atoms with van der Waals surface area (Å²) in [5, 5.41) is 6.79. The number of imidazole rings is 1. The van der Waals surface area contributed by atoms with Gasteiger partial charge in [0, 0.05) is 31.0 Å².